The molecule has 154 valence electrons. The number of hydrogen-bond acceptors (Lipinski definition) is 2. The highest BCUT2D eigenvalue weighted by Crippen LogP contribution is 2.26. The van der Waals surface area contributed by atoms with Gasteiger partial charge in [-0.25, -0.2) is 17.6 Å². The average molecular weight is 416 g/mol. The topological polar surface area (TPSA) is 58.2 Å². The average Bonchev–Trinajstić information content (AvgIpc) is 2.70. The fourth-order valence-corrected chi connectivity index (χ4v) is 2.69. The predicted octanol–water partition coefficient (Wildman–Crippen LogP) is 5.36. The van der Waals surface area contributed by atoms with Gasteiger partial charge in [0.15, 0.2) is 23.3 Å². The standard InChI is InChI=1S/C22H16F4N2O2/c1-11-3-7-13(8-4-11)27-21(29)15-17(23)19(25)16(20(26)18(15)24)22(30)28-14-9-5-12(2)6-10-14/h3-10H,1-2H3,(H,27,29)(H,28,30). The molecule has 0 bridgehead atoms. The van der Waals surface area contributed by atoms with Crippen molar-refractivity contribution in [1.29, 1.82) is 0 Å². The van der Waals surface area contributed by atoms with Crippen molar-refractivity contribution in [3.63, 3.8) is 0 Å². The number of halogens is 4. The lowest BCUT2D eigenvalue weighted by atomic mass is 10.1. The second-order valence-corrected chi connectivity index (χ2v) is 6.65. The maximum atomic E-state index is 14.4. The Morgan fingerprint density at radius 2 is 0.833 bits per heavy atom. The largest absolute Gasteiger partial charge is 0.322 e. The Kier molecular flexibility index (Phi) is 5.86. The van der Waals surface area contributed by atoms with Crippen LogP contribution in [0.5, 0.6) is 0 Å². The summed E-state index contributed by atoms with van der Waals surface area (Å²) in [5.74, 6) is -10.6. The Hall–Kier alpha value is -3.68. The predicted molar refractivity (Wildman–Crippen MR) is 105 cm³/mol. The zero-order chi connectivity index (χ0) is 22.0. The third-order valence-corrected chi connectivity index (χ3v) is 4.34. The van der Waals surface area contributed by atoms with Crippen molar-refractivity contribution in [2.24, 2.45) is 0 Å². The summed E-state index contributed by atoms with van der Waals surface area (Å²) in [5, 5.41) is 4.33. The van der Waals surface area contributed by atoms with Gasteiger partial charge in [0, 0.05) is 11.4 Å². The number of rotatable bonds is 4. The maximum Gasteiger partial charge on any atom is 0.261 e. The minimum atomic E-state index is -1.97. The van der Waals surface area contributed by atoms with Gasteiger partial charge in [0.2, 0.25) is 0 Å². The van der Waals surface area contributed by atoms with Crippen LogP contribution in [0.1, 0.15) is 31.8 Å². The number of carbonyl (C=O) groups excluding carboxylic acids is 2. The highest BCUT2D eigenvalue weighted by atomic mass is 19.2. The lowest BCUT2D eigenvalue weighted by Crippen LogP contribution is -2.23. The molecule has 4 nitrogen and oxygen atoms in total. The van der Waals surface area contributed by atoms with E-state index in [9.17, 15) is 27.2 Å². The fraction of sp³-hybridized carbons (Fsp3) is 0.0909. The summed E-state index contributed by atoms with van der Waals surface area (Å²) >= 11 is 0. The number of aryl methyl sites for hydroxylation is 2. The highest BCUT2D eigenvalue weighted by Gasteiger charge is 2.32. The van der Waals surface area contributed by atoms with Crippen LogP contribution in [-0.4, -0.2) is 11.8 Å². The van der Waals surface area contributed by atoms with E-state index in [1.54, 1.807) is 38.1 Å². The first-order valence-electron chi connectivity index (χ1n) is 8.81. The molecule has 0 spiro atoms. The third kappa shape index (κ3) is 4.17. The summed E-state index contributed by atoms with van der Waals surface area (Å²) in [6.45, 7) is 3.58. The summed E-state index contributed by atoms with van der Waals surface area (Å²) in [4.78, 5) is 24.4. The molecule has 3 aromatic carbocycles. The van der Waals surface area contributed by atoms with E-state index in [1.807, 2.05) is 0 Å². The lowest BCUT2D eigenvalue weighted by Gasteiger charge is -2.13. The fourth-order valence-electron chi connectivity index (χ4n) is 2.69. The molecule has 0 aromatic heterocycles. The van der Waals surface area contributed by atoms with Gasteiger partial charge >= 0.3 is 0 Å². The van der Waals surface area contributed by atoms with Gasteiger partial charge in [0.25, 0.3) is 11.8 Å². The molecule has 8 heteroatoms. The molecule has 0 heterocycles. The molecule has 2 amide bonds. The molecule has 3 aromatic rings. The molecule has 30 heavy (non-hydrogen) atoms. The van der Waals surface area contributed by atoms with Crippen LogP contribution in [0.2, 0.25) is 0 Å². The summed E-state index contributed by atoms with van der Waals surface area (Å²) in [5.41, 5.74) is -0.842. The van der Waals surface area contributed by atoms with Gasteiger partial charge in [-0.05, 0) is 38.1 Å². The Labute approximate surface area is 169 Å². The van der Waals surface area contributed by atoms with Gasteiger partial charge in [0.1, 0.15) is 11.1 Å². The Balaban J connectivity index is 1.94. The first-order chi connectivity index (χ1) is 14.2. The van der Waals surface area contributed by atoms with Gasteiger partial charge < -0.3 is 10.6 Å². The van der Waals surface area contributed by atoms with E-state index >= 15 is 0 Å². The van der Waals surface area contributed by atoms with E-state index in [0.717, 1.165) is 11.1 Å². The Morgan fingerprint density at radius 1 is 0.567 bits per heavy atom. The van der Waals surface area contributed by atoms with Gasteiger partial charge in [-0.15, -0.1) is 0 Å². The minimum absolute atomic E-state index is 0.173. The third-order valence-electron chi connectivity index (χ3n) is 4.34. The number of carbonyl (C=O) groups is 2. The number of nitrogens with one attached hydrogen (secondary N) is 2. The Bertz CT molecular complexity index is 1010. The van der Waals surface area contributed by atoms with E-state index < -0.39 is 46.2 Å². The number of benzene rings is 3. The van der Waals surface area contributed by atoms with Gasteiger partial charge in [0.05, 0.1) is 0 Å². The maximum absolute atomic E-state index is 14.4. The molecule has 0 aliphatic heterocycles. The van der Waals surface area contributed by atoms with E-state index in [2.05, 4.69) is 10.6 Å². The van der Waals surface area contributed by atoms with Crippen LogP contribution in [0.4, 0.5) is 28.9 Å². The molecule has 3 rings (SSSR count). The molecular formula is C22H16F4N2O2. The second kappa shape index (κ2) is 8.36. The molecule has 0 saturated carbocycles. The summed E-state index contributed by atoms with van der Waals surface area (Å²) in [7, 11) is 0. The van der Waals surface area contributed by atoms with Crippen LogP contribution in [0.15, 0.2) is 48.5 Å². The van der Waals surface area contributed by atoms with Crippen LogP contribution >= 0.6 is 0 Å². The molecular weight excluding hydrogens is 400 g/mol. The highest BCUT2D eigenvalue weighted by molar-refractivity contribution is 6.08. The summed E-state index contributed by atoms with van der Waals surface area (Å²) in [6.07, 6.45) is 0. The van der Waals surface area contributed by atoms with E-state index in [1.165, 1.54) is 24.3 Å². The van der Waals surface area contributed by atoms with Crippen molar-refractivity contribution >= 4 is 23.2 Å². The van der Waals surface area contributed by atoms with Crippen molar-refractivity contribution in [2.45, 2.75) is 13.8 Å². The minimum Gasteiger partial charge on any atom is -0.322 e. The van der Waals surface area contributed by atoms with E-state index in [-0.39, 0.29) is 11.4 Å². The number of anilines is 2. The van der Waals surface area contributed by atoms with Crippen LogP contribution in [-0.2, 0) is 0 Å². The molecule has 0 fully saturated rings. The van der Waals surface area contributed by atoms with Gasteiger partial charge in [-0.1, -0.05) is 35.4 Å². The molecule has 0 aliphatic rings. The summed E-state index contributed by atoms with van der Waals surface area (Å²) < 4.78 is 57.8. The zero-order valence-electron chi connectivity index (χ0n) is 15.9. The van der Waals surface area contributed by atoms with Crippen molar-refractivity contribution in [2.75, 3.05) is 10.6 Å². The van der Waals surface area contributed by atoms with Crippen LogP contribution in [0.3, 0.4) is 0 Å². The Morgan fingerprint density at radius 3 is 1.10 bits per heavy atom. The first-order valence-corrected chi connectivity index (χ1v) is 8.81. The second-order valence-electron chi connectivity index (χ2n) is 6.65. The molecule has 0 aliphatic carbocycles. The molecule has 2 N–H and O–H groups in total. The monoisotopic (exact) mass is 416 g/mol. The molecule has 0 atom stereocenters. The number of amides is 2. The summed E-state index contributed by atoms with van der Waals surface area (Å²) in [6, 6.07) is 12.3. The smallest absolute Gasteiger partial charge is 0.261 e. The van der Waals surface area contributed by atoms with E-state index in [4.69, 9.17) is 0 Å². The normalized spacial score (nSPS) is 10.6. The molecule has 0 saturated heterocycles. The lowest BCUT2D eigenvalue weighted by molar-refractivity contribution is 0.0993. The van der Waals surface area contributed by atoms with Crippen LogP contribution in [0.25, 0.3) is 0 Å². The van der Waals surface area contributed by atoms with Crippen molar-refractivity contribution in [1.82, 2.24) is 0 Å². The van der Waals surface area contributed by atoms with Crippen LogP contribution < -0.4 is 10.6 Å². The zero-order valence-corrected chi connectivity index (χ0v) is 15.9. The van der Waals surface area contributed by atoms with E-state index in [0.29, 0.717) is 0 Å². The SMILES string of the molecule is Cc1ccc(NC(=O)c2c(F)c(F)c(C(=O)Nc3ccc(C)cc3)c(F)c2F)cc1. The quantitative estimate of drug-likeness (QED) is 0.444. The van der Waals surface area contributed by atoms with Gasteiger partial charge in [-0.2, -0.15) is 0 Å². The first kappa shape index (κ1) is 21.0. The van der Waals surface area contributed by atoms with Crippen molar-refractivity contribution in [3.8, 4) is 0 Å². The van der Waals surface area contributed by atoms with Crippen LogP contribution in [0, 0.1) is 37.1 Å². The molecule has 0 radical (unpaired) electrons. The molecule has 0 unspecified atom stereocenters. The van der Waals surface area contributed by atoms with Gasteiger partial charge in [-0.3, -0.25) is 9.59 Å². The van der Waals surface area contributed by atoms with Crippen molar-refractivity contribution < 1.29 is 27.2 Å². The van der Waals surface area contributed by atoms with Crippen molar-refractivity contribution in [3.05, 3.63) is 94.1 Å². The number of hydrogen-bond donors (Lipinski definition) is 2.